The molecule has 2 rings (SSSR count). The Balaban J connectivity index is 1.98. The third-order valence-corrected chi connectivity index (χ3v) is 2.83. The summed E-state index contributed by atoms with van der Waals surface area (Å²) in [6, 6.07) is 4.80. The molecule has 82 valence electrons. The van der Waals surface area contributed by atoms with Gasteiger partial charge in [-0.2, -0.15) is 0 Å². The van der Waals surface area contributed by atoms with Crippen molar-refractivity contribution in [2.24, 2.45) is 0 Å². The van der Waals surface area contributed by atoms with E-state index in [0.29, 0.717) is 19.6 Å². The fourth-order valence-corrected chi connectivity index (χ4v) is 2.04. The zero-order valence-corrected chi connectivity index (χ0v) is 9.26. The molecule has 0 radical (unpaired) electrons. The minimum Gasteiger partial charge on any atom is -0.388 e. The molecule has 0 saturated carbocycles. The van der Waals surface area contributed by atoms with Crippen molar-refractivity contribution in [1.29, 1.82) is 0 Å². The summed E-state index contributed by atoms with van der Waals surface area (Å²) in [7, 11) is 0. The fraction of sp³-hybridized carbons (Fsp3) is 0.455. The lowest BCUT2D eigenvalue weighted by Gasteiger charge is -2.44. The first-order valence-corrected chi connectivity index (χ1v) is 5.23. The number of hydrogen-bond acceptors (Lipinski definition) is 2. The predicted octanol–water partition coefficient (Wildman–Crippen LogP) is 2.05. The number of likely N-dealkylation sites (tertiary alicyclic amines) is 1. The zero-order valence-electron chi connectivity index (χ0n) is 8.50. The zero-order chi connectivity index (χ0) is 11.1. The van der Waals surface area contributed by atoms with Crippen LogP contribution in [0.2, 0.25) is 5.02 Å². The molecule has 1 N–H and O–H groups in total. The van der Waals surface area contributed by atoms with Crippen LogP contribution in [-0.2, 0) is 6.54 Å². The van der Waals surface area contributed by atoms with Crippen LogP contribution >= 0.6 is 11.6 Å². The molecule has 0 spiro atoms. The Hall–Kier alpha value is -0.640. The summed E-state index contributed by atoms with van der Waals surface area (Å²) >= 11 is 5.58. The van der Waals surface area contributed by atoms with Crippen LogP contribution in [0.4, 0.5) is 4.39 Å². The van der Waals surface area contributed by atoms with Crippen LogP contribution < -0.4 is 0 Å². The molecule has 15 heavy (non-hydrogen) atoms. The lowest BCUT2D eigenvalue weighted by atomic mass is 9.96. The van der Waals surface area contributed by atoms with Crippen LogP contribution in [0.1, 0.15) is 12.5 Å². The van der Waals surface area contributed by atoms with E-state index < -0.39 is 5.60 Å². The first kappa shape index (κ1) is 10.9. The Morgan fingerprint density at radius 2 is 2.20 bits per heavy atom. The second-order valence-electron chi connectivity index (χ2n) is 4.39. The highest BCUT2D eigenvalue weighted by molar-refractivity contribution is 6.30. The molecule has 1 aliphatic rings. The Kier molecular flexibility index (Phi) is 2.71. The summed E-state index contributed by atoms with van der Waals surface area (Å²) in [5.74, 6) is -0.388. The first-order chi connectivity index (χ1) is 6.96. The SMILES string of the molecule is CC1(O)CN(Cc2ccc(Cl)c(F)c2)C1. The van der Waals surface area contributed by atoms with Gasteiger partial charge in [-0.25, -0.2) is 4.39 Å². The van der Waals surface area contributed by atoms with Crippen molar-refractivity contribution in [1.82, 2.24) is 4.90 Å². The highest BCUT2D eigenvalue weighted by Crippen LogP contribution is 2.23. The van der Waals surface area contributed by atoms with Crippen molar-refractivity contribution in [3.63, 3.8) is 0 Å². The van der Waals surface area contributed by atoms with Gasteiger partial charge in [-0.05, 0) is 24.6 Å². The van der Waals surface area contributed by atoms with E-state index in [-0.39, 0.29) is 10.8 Å². The van der Waals surface area contributed by atoms with Gasteiger partial charge in [0.15, 0.2) is 0 Å². The van der Waals surface area contributed by atoms with E-state index in [9.17, 15) is 9.50 Å². The van der Waals surface area contributed by atoms with Gasteiger partial charge in [0, 0.05) is 19.6 Å². The average Bonchev–Trinajstić information content (AvgIpc) is 2.08. The molecule has 4 heteroatoms. The standard InChI is InChI=1S/C11H13ClFNO/c1-11(15)6-14(7-11)5-8-2-3-9(12)10(13)4-8/h2-4,15H,5-7H2,1H3. The van der Waals surface area contributed by atoms with Gasteiger partial charge in [0.05, 0.1) is 10.6 Å². The Labute approximate surface area is 93.3 Å². The summed E-state index contributed by atoms with van der Waals surface area (Å²) in [5, 5.41) is 9.67. The van der Waals surface area contributed by atoms with E-state index in [4.69, 9.17) is 11.6 Å². The first-order valence-electron chi connectivity index (χ1n) is 4.85. The summed E-state index contributed by atoms with van der Waals surface area (Å²) in [6.07, 6.45) is 0. The Bertz CT molecular complexity index is 373. The third kappa shape index (κ3) is 2.48. The van der Waals surface area contributed by atoms with Gasteiger partial charge >= 0.3 is 0 Å². The van der Waals surface area contributed by atoms with E-state index in [0.717, 1.165) is 5.56 Å². The number of aliphatic hydroxyl groups is 1. The molecule has 1 aromatic rings. The Morgan fingerprint density at radius 3 is 2.73 bits per heavy atom. The van der Waals surface area contributed by atoms with Gasteiger partial charge in [-0.3, -0.25) is 4.90 Å². The van der Waals surface area contributed by atoms with E-state index in [1.54, 1.807) is 19.1 Å². The minimum absolute atomic E-state index is 0.148. The smallest absolute Gasteiger partial charge is 0.142 e. The van der Waals surface area contributed by atoms with Crippen molar-refractivity contribution >= 4 is 11.6 Å². The number of rotatable bonds is 2. The van der Waals surface area contributed by atoms with Gasteiger partial charge in [-0.1, -0.05) is 17.7 Å². The fourth-order valence-electron chi connectivity index (χ4n) is 1.93. The molecular weight excluding hydrogens is 217 g/mol. The molecular formula is C11H13ClFNO. The second-order valence-corrected chi connectivity index (χ2v) is 4.80. The number of halogens is 2. The van der Waals surface area contributed by atoms with E-state index in [1.807, 2.05) is 0 Å². The van der Waals surface area contributed by atoms with E-state index in [1.165, 1.54) is 6.07 Å². The largest absolute Gasteiger partial charge is 0.388 e. The lowest BCUT2D eigenvalue weighted by molar-refractivity contribution is -0.0871. The van der Waals surface area contributed by atoms with Crippen molar-refractivity contribution in [2.75, 3.05) is 13.1 Å². The molecule has 0 aliphatic carbocycles. The number of hydrogen-bond donors (Lipinski definition) is 1. The summed E-state index contributed by atoms with van der Waals surface area (Å²) in [4.78, 5) is 2.06. The van der Waals surface area contributed by atoms with Gasteiger partial charge < -0.3 is 5.11 Å². The maximum absolute atomic E-state index is 13.1. The normalized spacial score (nSPS) is 20.0. The number of benzene rings is 1. The maximum atomic E-state index is 13.1. The Morgan fingerprint density at radius 1 is 1.53 bits per heavy atom. The van der Waals surface area contributed by atoms with Crippen LogP contribution in [0.15, 0.2) is 18.2 Å². The molecule has 1 aliphatic heterocycles. The molecule has 1 heterocycles. The van der Waals surface area contributed by atoms with Crippen LogP contribution in [-0.4, -0.2) is 28.7 Å². The van der Waals surface area contributed by atoms with Gasteiger partial charge in [0.2, 0.25) is 0 Å². The molecule has 1 saturated heterocycles. The maximum Gasteiger partial charge on any atom is 0.142 e. The highest BCUT2D eigenvalue weighted by Gasteiger charge is 2.35. The molecule has 0 amide bonds. The van der Waals surface area contributed by atoms with Crippen molar-refractivity contribution in [2.45, 2.75) is 19.1 Å². The van der Waals surface area contributed by atoms with Crippen LogP contribution in [0.5, 0.6) is 0 Å². The van der Waals surface area contributed by atoms with Crippen molar-refractivity contribution < 1.29 is 9.50 Å². The molecule has 0 unspecified atom stereocenters. The van der Waals surface area contributed by atoms with Crippen LogP contribution in [0.25, 0.3) is 0 Å². The van der Waals surface area contributed by atoms with Crippen molar-refractivity contribution in [3.05, 3.63) is 34.6 Å². The summed E-state index contributed by atoms with van der Waals surface area (Å²) < 4.78 is 13.1. The number of nitrogens with zero attached hydrogens (tertiary/aromatic N) is 1. The van der Waals surface area contributed by atoms with Crippen LogP contribution in [0, 0.1) is 5.82 Å². The van der Waals surface area contributed by atoms with Gasteiger partial charge in [0.25, 0.3) is 0 Å². The van der Waals surface area contributed by atoms with E-state index >= 15 is 0 Å². The lowest BCUT2D eigenvalue weighted by Crippen LogP contribution is -2.59. The molecule has 1 aromatic carbocycles. The number of β-amino-alcohol motifs (C(OH)–C–C–N with tert-alkyl or cyclic N) is 1. The highest BCUT2D eigenvalue weighted by atomic mass is 35.5. The monoisotopic (exact) mass is 229 g/mol. The third-order valence-electron chi connectivity index (χ3n) is 2.52. The topological polar surface area (TPSA) is 23.5 Å². The predicted molar refractivity (Wildman–Crippen MR) is 57.3 cm³/mol. The molecule has 0 atom stereocenters. The minimum atomic E-state index is -0.578. The summed E-state index contributed by atoms with van der Waals surface area (Å²) in [6.45, 7) is 3.73. The molecule has 0 aromatic heterocycles. The van der Waals surface area contributed by atoms with Crippen LogP contribution in [0.3, 0.4) is 0 Å². The van der Waals surface area contributed by atoms with Gasteiger partial charge in [-0.15, -0.1) is 0 Å². The quantitative estimate of drug-likeness (QED) is 0.839. The van der Waals surface area contributed by atoms with Crippen molar-refractivity contribution in [3.8, 4) is 0 Å². The average molecular weight is 230 g/mol. The molecule has 1 fully saturated rings. The second kappa shape index (κ2) is 3.74. The summed E-state index contributed by atoms with van der Waals surface area (Å²) in [5.41, 5.74) is 0.303. The molecule has 2 nitrogen and oxygen atoms in total. The van der Waals surface area contributed by atoms with E-state index in [2.05, 4.69) is 4.90 Å². The van der Waals surface area contributed by atoms with Gasteiger partial charge in [0.1, 0.15) is 5.82 Å². The molecule has 0 bridgehead atoms.